The van der Waals surface area contributed by atoms with Gasteiger partial charge in [0.1, 0.15) is 0 Å². The zero-order valence-electron chi connectivity index (χ0n) is 11.7. The molecule has 19 heavy (non-hydrogen) atoms. The molecule has 0 radical (unpaired) electrons. The van der Waals surface area contributed by atoms with Crippen molar-refractivity contribution < 1.29 is 9.53 Å². The van der Waals surface area contributed by atoms with Crippen molar-refractivity contribution >= 4 is 5.91 Å². The molecule has 1 aliphatic heterocycles. The number of benzene rings is 1. The fraction of sp³-hybridized carbons (Fsp3) is 0.562. The molecule has 0 bridgehead atoms. The lowest BCUT2D eigenvalue weighted by Gasteiger charge is -2.22. The largest absolute Gasteiger partial charge is 0.381 e. The third-order valence-corrected chi connectivity index (χ3v) is 3.69. The average molecular weight is 261 g/mol. The molecule has 0 aromatic heterocycles. The van der Waals surface area contributed by atoms with E-state index in [1.807, 2.05) is 0 Å². The van der Waals surface area contributed by atoms with Gasteiger partial charge in [0.2, 0.25) is 5.91 Å². The molecule has 1 heterocycles. The van der Waals surface area contributed by atoms with Crippen molar-refractivity contribution in [2.75, 3.05) is 19.8 Å². The highest BCUT2D eigenvalue weighted by molar-refractivity contribution is 5.76. The summed E-state index contributed by atoms with van der Waals surface area (Å²) < 4.78 is 5.31. The molecular weight excluding hydrogens is 238 g/mol. The Morgan fingerprint density at radius 3 is 2.63 bits per heavy atom. The summed E-state index contributed by atoms with van der Waals surface area (Å²) in [5, 5.41) is 3.04. The molecule has 1 fully saturated rings. The standard InChI is InChI=1S/C16H23NO2/c1-13-2-4-14(5-3-13)6-7-16(18)17-12-15-8-10-19-11-9-15/h2-5,15H,6-12H2,1H3,(H,17,18). The Morgan fingerprint density at radius 2 is 1.95 bits per heavy atom. The lowest BCUT2D eigenvalue weighted by Crippen LogP contribution is -2.32. The third kappa shape index (κ3) is 5.03. The molecule has 0 aliphatic carbocycles. The number of nitrogens with one attached hydrogen (secondary N) is 1. The molecule has 2 rings (SSSR count). The van der Waals surface area contributed by atoms with Crippen LogP contribution in [0.15, 0.2) is 24.3 Å². The van der Waals surface area contributed by atoms with Crippen LogP contribution < -0.4 is 5.32 Å². The topological polar surface area (TPSA) is 38.3 Å². The van der Waals surface area contributed by atoms with Crippen LogP contribution in [0.2, 0.25) is 0 Å². The van der Waals surface area contributed by atoms with Gasteiger partial charge in [-0.2, -0.15) is 0 Å². The predicted molar refractivity (Wildman–Crippen MR) is 76.1 cm³/mol. The minimum Gasteiger partial charge on any atom is -0.381 e. The van der Waals surface area contributed by atoms with E-state index in [0.717, 1.165) is 39.0 Å². The van der Waals surface area contributed by atoms with Crippen molar-refractivity contribution in [2.24, 2.45) is 5.92 Å². The highest BCUT2D eigenvalue weighted by Gasteiger charge is 2.14. The Hall–Kier alpha value is -1.35. The maximum absolute atomic E-state index is 11.8. The number of carbonyl (C=O) groups is 1. The van der Waals surface area contributed by atoms with E-state index in [1.165, 1.54) is 11.1 Å². The summed E-state index contributed by atoms with van der Waals surface area (Å²) in [6.07, 6.45) is 3.53. The van der Waals surface area contributed by atoms with Crippen LogP contribution in [-0.4, -0.2) is 25.7 Å². The predicted octanol–water partition coefficient (Wildman–Crippen LogP) is 2.47. The van der Waals surface area contributed by atoms with Crippen LogP contribution >= 0.6 is 0 Å². The van der Waals surface area contributed by atoms with Gasteiger partial charge in [0.25, 0.3) is 0 Å². The first kappa shape index (κ1) is 14.1. The highest BCUT2D eigenvalue weighted by Crippen LogP contribution is 2.13. The van der Waals surface area contributed by atoms with Gasteiger partial charge in [-0.25, -0.2) is 0 Å². The Morgan fingerprint density at radius 1 is 1.26 bits per heavy atom. The van der Waals surface area contributed by atoms with Crippen LogP contribution in [0.25, 0.3) is 0 Å². The van der Waals surface area contributed by atoms with Gasteiger partial charge in [0.05, 0.1) is 0 Å². The highest BCUT2D eigenvalue weighted by atomic mass is 16.5. The second-order valence-corrected chi connectivity index (χ2v) is 5.35. The zero-order chi connectivity index (χ0) is 13.5. The minimum atomic E-state index is 0.159. The number of rotatable bonds is 5. The number of aryl methyl sites for hydroxylation is 2. The van der Waals surface area contributed by atoms with E-state index in [4.69, 9.17) is 4.74 Å². The quantitative estimate of drug-likeness (QED) is 0.884. The molecule has 1 aromatic carbocycles. The molecule has 0 atom stereocenters. The second-order valence-electron chi connectivity index (χ2n) is 5.35. The summed E-state index contributed by atoms with van der Waals surface area (Å²) in [5.41, 5.74) is 2.49. The molecule has 1 N–H and O–H groups in total. The molecule has 3 heteroatoms. The molecule has 1 aliphatic rings. The summed E-state index contributed by atoms with van der Waals surface area (Å²) in [5.74, 6) is 0.754. The summed E-state index contributed by atoms with van der Waals surface area (Å²) in [6, 6.07) is 8.38. The van der Waals surface area contributed by atoms with Crippen LogP contribution in [0.1, 0.15) is 30.4 Å². The monoisotopic (exact) mass is 261 g/mol. The van der Waals surface area contributed by atoms with E-state index in [2.05, 4.69) is 36.5 Å². The molecule has 3 nitrogen and oxygen atoms in total. The normalized spacial score (nSPS) is 16.3. The SMILES string of the molecule is Cc1ccc(CCC(=O)NCC2CCOCC2)cc1. The maximum Gasteiger partial charge on any atom is 0.220 e. The van der Waals surface area contributed by atoms with Crippen LogP contribution in [-0.2, 0) is 16.0 Å². The van der Waals surface area contributed by atoms with E-state index in [-0.39, 0.29) is 5.91 Å². The number of ether oxygens (including phenoxy) is 1. The van der Waals surface area contributed by atoms with Crippen LogP contribution in [0.5, 0.6) is 0 Å². The van der Waals surface area contributed by atoms with Crippen molar-refractivity contribution in [3.63, 3.8) is 0 Å². The molecule has 1 amide bonds. The first-order valence-electron chi connectivity index (χ1n) is 7.14. The van der Waals surface area contributed by atoms with E-state index in [1.54, 1.807) is 0 Å². The number of hydrogen-bond donors (Lipinski definition) is 1. The second kappa shape index (κ2) is 7.29. The lowest BCUT2D eigenvalue weighted by atomic mass is 10.0. The molecule has 0 saturated carbocycles. The van der Waals surface area contributed by atoms with Gasteiger partial charge in [-0.15, -0.1) is 0 Å². The molecule has 104 valence electrons. The third-order valence-electron chi connectivity index (χ3n) is 3.69. The number of amides is 1. The van der Waals surface area contributed by atoms with Gasteiger partial charge in [-0.05, 0) is 37.7 Å². The van der Waals surface area contributed by atoms with Gasteiger partial charge < -0.3 is 10.1 Å². The first-order chi connectivity index (χ1) is 9.24. The van der Waals surface area contributed by atoms with Crippen molar-refractivity contribution in [3.05, 3.63) is 35.4 Å². The zero-order valence-corrected chi connectivity index (χ0v) is 11.7. The van der Waals surface area contributed by atoms with Crippen molar-refractivity contribution in [1.82, 2.24) is 5.32 Å². The van der Waals surface area contributed by atoms with E-state index >= 15 is 0 Å². The Labute approximate surface area is 115 Å². The van der Waals surface area contributed by atoms with Crippen molar-refractivity contribution in [1.29, 1.82) is 0 Å². The van der Waals surface area contributed by atoms with Gasteiger partial charge in [-0.1, -0.05) is 29.8 Å². The Bertz CT molecular complexity index is 394. The summed E-state index contributed by atoms with van der Waals surface area (Å²) in [6.45, 7) is 4.55. The molecule has 1 saturated heterocycles. The van der Waals surface area contributed by atoms with E-state index < -0.39 is 0 Å². The van der Waals surface area contributed by atoms with Gasteiger partial charge in [-0.3, -0.25) is 4.79 Å². The van der Waals surface area contributed by atoms with Gasteiger partial charge in [0, 0.05) is 26.2 Å². The van der Waals surface area contributed by atoms with Crippen LogP contribution in [0.4, 0.5) is 0 Å². The molecule has 0 unspecified atom stereocenters. The minimum absolute atomic E-state index is 0.159. The summed E-state index contributed by atoms with van der Waals surface area (Å²) >= 11 is 0. The van der Waals surface area contributed by atoms with Crippen LogP contribution in [0.3, 0.4) is 0 Å². The Balaban J connectivity index is 1.65. The molecule has 0 spiro atoms. The van der Waals surface area contributed by atoms with E-state index in [9.17, 15) is 4.79 Å². The lowest BCUT2D eigenvalue weighted by molar-refractivity contribution is -0.121. The smallest absolute Gasteiger partial charge is 0.220 e. The van der Waals surface area contributed by atoms with E-state index in [0.29, 0.717) is 12.3 Å². The fourth-order valence-corrected chi connectivity index (χ4v) is 2.31. The fourth-order valence-electron chi connectivity index (χ4n) is 2.31. The van der Waals surface area contributed by atoms with Crippen LogP contribution in [0, 0.1) is 12.8 Å². The molecule has 1 aromatic rings. The van der Waals surface area contributed by atoms with Crippen molar-refractivity contribution in [3.8, 4) is 0 Å². The summed E-state index contributed by atoms with van der Waals surface area (Å²) in [7, 11) is 0. The van der Waals surface area contributed by atoms with Crippen molar-refractivity contribution in [2.45, 2.75) is 32.6 Å². The average Bonchev–Trinajstić information content (AvgIpc) is 2.45. The van der Waals surface area contributed by atoms with Gasteiger partial charge in [0.15, 0.2) is 0 Å². The summed E-state index contributed by atoms with van der Waals surface area (Å²) in [4.78, 5) is 11.8. The Kier molecular flexibility index (Phi) is 5.40. The molecular formula is C16H23NO2. The maximum atomic E-state index is 11.8. The first-order valence-corrected chi connectivity index (χ1v) is 7.14. The van der Waals surface area contributed by atoms with Gasteiger partial charge >= 0.3 is 0 Å². The number of carbonyl (C=O) groups excluding carboxylic acids is 1. The number of hydrogen-bond acceptors (Lipinski definition) is 2.